The van der Waals surface area contributed by atoms with Crippen LogP contribution in [0.2, 0.25) is 0 Å². The van der Waals surface area contributed by atoms with Gasteiger partial charge in [-0.1, -0.05) is 0 Å². The van der Waals surface area contributed by atoms with E-state index in [-0.39, 0.29) is 12.2 Å². The highest BCUT2D eigenvalue weighted by molar-refractivity contribution is 4.68. The molecule has 100 valence electrons. The minimum absolute atomic E-state index is 0.0875. The molecule has 0 amide bonds. The summed E-state index contributed by atoms with van der Waals surface area (Å²) in [6, 6.07) is 0. The van der Waals surface area contributed by atoms with Crippen molar-refractivity contribution >= 4 is 0 Å². The largest absolute Gasteiger partial charge is 0.376 e. The number of epoxide rings is 2. The molecule has 2 rings (SSSR count). The van der Waals surface area contributed by atoms with Crippen LogP contribution >= 0.6 is 0 Å². The second-order valence-corrected chi connectivity index (χ2v) is 4.74. The predicted molar refractivity (Wildman–Crippen MR) is 61.1 cm³/mol. The van der Waals surface area contributed by atoms with Crippen LogP contribution in [0.1, 0.15) is 13.8 Å². The average Bonchev–Trinajstić information content (AvgIpc) is 3.12. The van der Waals surface area contributed by atoms with Crippen LogP contribution in [0.4, 0.5) is 0 Å². The molecule has 0 bridgehead atoms. The summed E-state index contributed by atoms with van der Waals surface area (Å²) in [5, 5.41) is 0. The molecule has 0 aromatic heterocycles. The molecule has 4 atom stereocenters. The van der Waals surface area contributed by atoms with Gasteiger partial charge in [0, 0.05) is 0 Å². The molecule has 0 aromatic carbocycles. The van der Waals surface area contributed by atoms with E-state index in [9.17, 15) is 0 Å². The molecular weight excluding hydrogens is 224 g/mol. The van der Waals surface area contributed by atoms with Crippen molar-refractivity contribution in [1.29, 1.82) is 0 Å². The van der Waals surface area contributed by atoms with Crippen LogP contribution in [0.25, 0.3) is 0 Å². The fourth-order valence-electron chi connectivity index (χ4n) is 1.53. The van der Waals surface area contributed by atoms with Crippen molar-refractivity contribution < 1.29 is 23.7 Å². The Labute approximate surface area is 102 Å². The summed E-state index contributed by atoms with van der Waals surface area (Å²) >= 11 is 0. The second kappa shape index (κ2) is 6.66. The van der Waals surface area contributed by atoms with E-state index in [1.165, 1.54) is 0 Å². The van der Waals surface area contributed by atoms with E-state index in [0.717, 1.165) is 13.2 Å². The van der Waals surface area contributed by atoms with E-state index < -0.39 is 0 Å². The Balaban J connectivity index is 1.42. The lowest BCUT2D eigenvalue weighted by molar-refractivity contribution is -0.0727. The van der Waals surface area contributed by atoms with Gasteiger partial charge in [0.2, 0.25) is 0 Å². The first-order valence-corrected chi connectivity index (χ1v) is 6.28. The highest BCUT2D eigenvalue weighted by Crippen LogP contribution is 2.10. The van der Waals surface area contributed by atoms with Crippen molar-refractivity contribution in [2.45, 2.75) is 38.3 Å². The molecule has 0 unspecified atom stereocenters. The van der Waals surface area contributed by atoms with Crippen LogP contribution in [-0.2, 0) is 23.7 Å². The molecule has 0 aliphatic carbocycles. The van der Waals surface area contributed by atoms with Crippen LogP contribution in [0.5, 0.6) is 0 Å². The first-order valence-electron chi connectivity index (χ1n) is 6.28. The van der Waals surface area contributed by atoms with Gasteiger partial charge < -0.3 is 23.7 Å². The minimum Gasteiger partial charge on any atom is -0.376 e. The van der Waals surface area contributed by atoms with Gasteiger partial charge in [-0.15, -0.1) is 0 Å². The van der Waals surface area contributed by atoms with Crippen LogP contribution in [-0.4, -0.2) is 64.1 Å². The van der Waals surface area contributed by atoms with Crippen LogP contribution in [0.15, 0.2) is 0 Å². The molecule has 2 saturated heterocycles. The Morgan fingerprint density at radius 3 is 1.71 bits per heavy atom. The maximum atomic E-state index is 5.72. The first kappa shape index (κ1) is 13.2. The Bertz CT molecular complexity index is 193. The van der Waals surface area contributed by atoms with Crippen molar-refractivity contribution in [3.8, 4) is 0 Å². The zero-order valence-electron chi connectivity index (χ0n) is 10.6. The zero-order valence-corrected chi connectivity index (χ0v) is 10.6. The molecule has 2 aliphatic heterocycles. The quantitative estimate of drug-likeness (QED) is 0.529. The Morgan fingerprint density at radius 2 is 1.35 bits per heavy atom. The third-order valence-corrected chi connectivity index (χ3v) is 2.58. The maximum absolute atomic E-state index is 5.72. The summed E-state index contributed by atoms with van der Waals surface area (Å²) in [6.07, 6.45) is 0.817. The van der Waals surface area contributed by atoms with Gasteiger partial charge in [0.15, 0.2) is 0 Å². The molecular formula is C12H22O5. The summed E-state index contributed by atoms with van der Waals surface area (Å²) in [5.41, 5.74) is 0. The Hall–Kier alpha value is -0.200. The molecule has 5 nitrogen and oxygen atoms in total. The highest BCUT2D eigenvalue weighted by atomic mass is 16.6. The molecule has 2 aliphatic rings. The van der Waals surface area contributed by atoms with E-state index in [1.807, 2.05) is 13.8 Å². The lowest BCUT2D eigenvalue weighted by Gasteiger charge is -2.19. The van der Waals surface area contributed by atoms with E-state index in [0.29, 0.717) is 38.6 Å². The monoisotopic (exact) mass is 246 g/mol. The summed E-state index contributed by atoms with van der Waals surface area (Å²) < 4.78 is 26.8. The van der Waals surface area contributed by atoms with Crippen LogP contribution < -0.4 is 0 Å². The van der Waals surface area contributed by atoms with Gasteiger partial charge in [-0.05, 0) is 13.8 Å². The molecule has 0 aromatic rings. The number of hydrogen-bond donors (Lipinski definition) is 0. The van der Waals surface area contributed by atoms with Crippen molar-refractivity contribution in [2.24, 2.45) is 0 Å². The van der Waals surface area contributed by atoms with Crippen LogP contribution in [0.3, 0.4) is 0 Å². The predicted octanol–water partition coefficient (Wildman–Crippen LogP) is 0.611. The minimum atomic E-state index is 0.0875. The van der Waals surface area contributed by atoms with Gasteiger partial charge in [-0.3, -0.25) is 0 Å². The number of hydrogen-bond acceptors (Lipinski definition) is 5. The smallest absolute Gasteiger partial charge is 0.104 e. The molecule has 0 radical (unpaired) electrons. The summed E-state index contributed by atoms with van der Waals surface area (Å²) in [7, 11) is 0. The van der Waals surface area contributed by atoms with Gasteiger partial charge in [0.25, 0.3) is 0 Å². The fraction of sp³-hybridized carbons (Fsp3) is 1.00. The lowest BCUT2D eigenvalue weighted by Crippen LogP contribution is -2.26. The van der Waals surface area contributed by atoms with E-state index in [1.54, 1.807) is 0 Å². The summed E-state index contributed by atoms with van der Waals surface area (Å²) in [6.45, 7) is 8.26. The Kier molecular flexibility index (Phi) is 5.18. The first-order chi connectivity index (χ1) is 8.24. The summed E-state index contributed by atoms with van der Waals surface area (Å²) in [4.78, 5) is 0. The summed E-state index contributed by atoms with van der Waals surface area (Å²) in [5.74, 6) is 0. The van der Waals surface area contributed by atoms with Crippen molar-refractivity contribution in [1.82, 2.24) is 0 Å². The lowest BCUT2D eigenvalue weighted by atomic mass is 10.4. The molecule has 2 fully saturated rings. The average molecular weight is 246 g/mol. The number of rotatable bonds is 10. The van der Waals surface area contributed by atoms with Gasteiger partial charge >= 0.3 is 0 Å². The van der Waals surface area contributed by atoms with Gasteiger partial charge in [0.1, 0.15) is 12.2 Å². The standard InChI is InChI=1S/C12H22O5/c1-9(3-13-5-11-7-15-11)17-10(2)4-14-6-12-8-16-12/h9-12H,3-8H2,1-2H3/t9-,10+,11-,12+. The van der Waals surface area contributed by atoms with E-state index in [4.69, 9.17) is 23.7 Å². The van der Waals surface area contributed by atoms with Crippen molar-refractivity contribution in [3.05, 3.63) is 0 Å². The van der Waals surface area contributed by atoms with Crippen molar-refractivity contribution in [3.63, 3.8) is 0 Å². The van der Waals surface area contributed by atoms with Gasteiger partial charge in [-0.2, -0.15) is 0 Å². The molecule has 0 spiro atoms. The number of ether oxygens (including phenoxy) is 5. The third-order valence-electron chi connectivity index (χ3n) is 2.58. The van der Waals surface area contributed by atoms with Crippen molar-refractivity contribution in [2.75, 3.05) is 39.6 Å². The molecule has 0 saturated carbocycles. The topological polar surface area (TPSA) is 52.8 Å². The molecule has 0 N–H and O–H groups in total. The fourth-order valence-corrected chi connectivity index (χ4v) is 1.53. The third kappa shape index (κ3) is 6.33. The van der Waals surface area contributed by atoms with E-state index in [2.05, 4.69) is 0 Å². The maximum Gasteiger partial charge on any atom is 0.104 e. The van der Waals surface area contributed by atoms with Crippen LogP contribution in [0, 0.1) is 0 Å². The van der Waals surface area contributed by atoms with Gasteiger partial charge in [-0.25, -0.2) is 0 Å². The van der Waals surface area contributed by atoms with Gasteiger partial charge in [0.05, 0.1) is 51.8 Å². The molecule has 5 heteroatoms. The second-order valence-electron chi connectivity index (χ2n) is 4.74. The molecule has 17 heavy (non-hydrogen) atoms. The Morgan fingerprint density at radius 1 is 0.941 bits per heavy atom. The highest BCUT2D eigenvalue weighted by Gasteiger charge is 2.23. The van der Waals surface area contributed by atoms with E-state index >= 15 is 0 Å². The zero-order chi connectivity index (χ0) is 12.1. The SMILES string of the molecule is C[C@H](COC[C@@H]1CO1)O[C@@H](C)COC[C@H]1CO1. The normalized spacial score (nSPS) is 30.0. The molecule has 2 heterocycles.